The highest BCUT2D eigenvalue weighted by molar-refractivity contribution is 7.89. The molecule has 2 N–H and O–H groups in total. The molecule has 0 saturated carbocycles. The van der Waals surface area contributed by atoms with Crippen molar-refractivity contribution >= 4 is 102 Å². The molecule has 0 radical (unpaired) electrons. The van der Waals surface area contributed by atoms with Crippen LogP contribution in [0.2, 0.25) is 25.1 Å². The van der Waals surface area contributed by atoms with E-state index in [0.717, 1.165) is 11.1 Å². The van der Waals surface area contributed by atoms with E-state index in [9.17, 15) is 26.4 Å². The van der Waals surface area contributed by atoms with Crippen LogP contribution in [-0.4, -0.2) is 75.6 Å². The van der Waals surface area contributed by atoms with Gasteiger partial charge in [-0.05, 0) is 127 Å². The first-order valence-electron chi connectivity index (χ1n) is 26.6. The number of esters is 2. The molecule has 6 aromatic rings. The summed E-state index contributed by atoms with van der Waals surface area (Å²) < 4.78 is 66.6. The number of piperidine rings is 2. The van der Waals surface area contributed by atoms with Crippen molar-refractivity contribution in [2.45, 2.75) is 119 Å². The molecule has 0 spiro atoms. The fraction of sp³-hybridized carbons (Fsp3) is 0.344. The molecule has 6 aromatic carbocycles. The summed E-state index contributed by atoms with van der Waals surface area (Å²) in [7, 11) is -8.27. The summed E-state index contributed by atoms with van der Waals surface area (Å²) in [6.07, 6.45) is -0.475. The summed E-state index contributed by atoms with van der Waals surface area (Å²) in [5.41, 5.74) is 0.292. The number of amides is 2. The summed E-state index contributed by atoms with van der Waals surface area (Å²) in [5, 5.41) is 1.78. The van der Waals surface area contributed by atoms with Crippen LogP contribution < -0.4 is 9.44 Å². The van der Waals surface area contributed by atoms with Gasteiger partial charge in [0.25, 0.3) is 0 Å². The Hall–Kier alpha value is -5.33. The first-order chi connectivity index (χ1) is 38.4. The Bertz CT molecular complexity index is 3310. The van der Waals surface area contributed by atoms with Gasteiger partial charge >= 0.3 is 11.9 Å². The number of hydrogen-bond acceptors (Lipinski definition) is 9. The Morgan fingerprint density at radius 3 is 1.33 bits per heavy atom. The average Bonchev–Trinajstić information content (AvgIpc) is 3.61. The fourth-order valence-electron chi connectivity index (χ4n) is 11.7. The molecule has 13 nitrogen and oxygen atoms in total. The van der Waals surface area contributed by atoms with Gasteiger partial charge in [0.05, 0.1) is 45.7 Å². The van der Waals surface area contributed by atoms with Gasteiger partial charge in [-0.25, -0.2) is 26.3 Å². The highest BCUT2D eigenvalue weighted by atomic mass is 35.5. The van der Waals surface area contributed by atoms with Gasteiger partial charge < -0.3 is 14.5 Å². The zero-order chi connectivity index (χ0) is 58.6. The van der Waals surface area contributed by atoms with Gasteiger partial charge in [0.15, 0.2) is 0 Å². The highest BCUT2D eigenvalue weighted by Crippen LogP contribution is 2.54. The van der Waals surface area contributed by atoms with E-state index in [4.69, 9.17) is 62.7 Å². The maximum absolute atomic E-state index is 15.6. The molecule has 8 atom stereocenters. The Morgan fingerprint density at radius 1 is 0.543 bits per heavy atom. The van der Waals surface area contributed by atoms with Gasteiger partial charge in [0.1, 0.15) is 4.90 Å². The predicted molar refractivity (Wildman–Crippen MR) is 317 cm³/mol. The Labute approximate surface area is 499 Å². The van der Waals surface area contributed by atoms with E-state index in [2.05, 4.69) is 9.44 Å². The van der Waals surface area contributed by atoms with Crippen LogP contribution in [0.3, 0.4) is 0 Å². The largest absolute Gasteiger partial charge is 0.393 e. The molecule has 0 aliphatic carbocycles. The van der Waals surface area contributed by atoms with E-state index in [1.165, 1.54) is 18.2 Å². The van der Waals surface area contributed by atoms with Crippen LogP contribution in [-0.2, 0) is 44.0 Å². The molecule has 8 unspecified atom stereocenters. The number of nitrogens with zero attached hydrogens (tertiary/aromatic N) is 2. The molecular formula is C61H63Cl5N4O9S2. The average molecular weight is 1240 g/mol. The van der Waals surface area contributed by atoms with Crippen LogP contribution >= 0.6 is 58.0 Å². The monoisotopic (exact) mass is 1230 g/mol. The highest BCUT2D eigenvalue weighted by Gasteiger charge is 2.55. The van der Waals surface area contributed by atoms with Crippen molar-refractivity contribution in [2.24, 2.45) is 10.8 Å². The lowest BCUT2D eigenvalue weighted by molar-refractivity contribution is -0.172. The Kier molecular flexibility index (Phi) is 19.6. The number of rotatable bonds is 20. The van der Waals surface area contributed by atoms with Crippen LogP contribution in [0.5, 0.6) is 0 Å². The van der Waals surface area contributed by atoms with Crippen LogP contribution in [0.4, 0.5) is 0 Å². The summed E-state index contributed by atoms with van der Waals surface area (Å²) in [4.78, 5) is 63.6. The molecule has 2 fully saturated rings. The molecule has 428 valence electrons. The summed E-state index contributed by atoms with van der Waals surface area (Å²) in [6.45, 7) is 8.20. The minimum absolute atomic E-state index is 0.0136. The van der Waals surface area contributed by atoms with Gasteiger partial charge in [0, 0.05) is 57.1 Å². The molecule has 81 heavy (non-hydrogen) atoms. The van der Waals surface area contributed by atoms with E-state index >= 15 is 9.59 Å². The minimum Gasteiger partial charge on any atom is -0.393 e. The maximum Gasteiger partial charge on any atom is 0.314 e. The number of hydrogen-bond donors (Lipinski definition) is 2. The normalized spacial score (nSPS) is 22.3. The maximum atomic E-state index is 15.6. The lowest BCUT2D eigenvalue weighted by Gasteiger charge is -2.52. The van der Waals surface area contributed by atoms with E-state index in [-0.39, 0.29) is 53.6 Å². The summed E-state index contributed by atoms with van der Waals surface area (Å²) in [5.74, 6) is -4.12. The minimum atomic E-state index is -4.20. The van der Waals surface area contributed by atoms with Crippen molar-refractivity contribution in [3.8, 4) is 0 Å². The number of halogens is 5. The van der Waals surface area contributed by atoms with Gasteiger partial charge in [-0.15, -0.1) is 0 Å². The third-order valence-electron chi connectivity index (χ3n) is 15.7. The van der Waals surface area contributed by atoms with Crippen molar-refractivity contribution < 1.29 is 40.8 Å². The lowest BCUT2D eigenvalue weighted by atomic mass is 9.66. The topological polar surface area (TPSA) is 176 Å². The zero-order valence-corrected chi connectivity index (χ0v) is 50.7. The first kappa shape index (κ1) is 61.7. The van der Waals surface area contributed by atoms with Crippen molar-refractivity contribution in [1.82, 2.24) is 19.2 Å². The van der Waals surface area contributed by atoms with Crippen molar-refractivity contribution in [3.63, 3.8) is 0 Å². The second kappa shape index (κ2) is 25.7. The van der Waals surface area contributed by atoms with Gasteiger partial charge in [-0.1, -0.05) is 165 Å². The Morgan fingerprint density at radius 2 is 0.938 bits per heavy atom. The molecule has 8 rings (SSSR count). The third kappa shape index (κ3) is 13.9. The number of sulfonamides is 2. The van der Waals surface area contributed by atoms with Crippen molar-refractivity contribution in [1.29, 1.82) is 0 Å². The molecule has 2 saturated heterocycles. The molecule has 2 aliphatic rings. The molecular weight excluding hydrogens is 1170 g/mol. The molecule has 2 heterocycles. The molecule has 2 aliphatic heterocycles. The number of likely N-dealkylation sites (tertiary alicyclic amines) is 2. The number of nitrogens with one attached hydrogen (secondary N) is 2. The standard InChI is InChI=1S/C61H63Cl5N4O9S2/c1-6-47(36-67-80(75,76)52-20-10-8-14-38(52)3)69-56(39-22-26-43(62)27-23-39)49(41-15-12-17-45(64)30-41)32-60(4,58(69)73)34-54(71)79-55(72)35-61(5)33-50(42-16-13-18-46(65)31-42)57(40-24-28-44(63)29-25-40)70(59(61)74)48(7-2)37-68-81(77,78)53-21-11-9-19-51(53)66/h8-31,47-50,56-57,67-68H,6-7,32-37H2,1-5H3. The van der Waals surface area contributed by atoms with Crippen LogP contribution in [0, 0.1) is 17.8 Å². The smallest absolute Gasteiger partial charge is 0.314 e. The molecule has 20 heteroatoms. The van der Waals surface area contributed by atoms with E-state index < -0.39 is 103 Å². The van der Waals surface area contributed by atoms with Gasteiger partial charge in [0.2, 0.25) is 31.9 Å². The second-order valence-corrected chi connectivity index (χ2v) is 27.1. The number of carbonyl (C=O) groups excluding carboxylic acids is 4. The molecule has 2 amide bonds. The zero-order valence-electron chi connectivity index (χ0n) is 45.3. The van der Waals surface area contributed by atoms with Gasteiger partial charge in [-0.2, -0.15) is 0 Å². The van der Waals surface area contributed by atoms with E-state index in [1.807, 2.05) is 38.1 Å². The predicted octanol–water partition coefficient (Wildman–Crippen LogP) is 13.5. The van der Waals surface area contributed by atoms with Crippen molar-refractivity contribution in [2.75, 3.05) is 13.1 Å². The molecule has 0 bridgehead atoms. The summed E-state index contributed by atoms with van der Waals surface area (Å²) in [6, 6.07) is 38.0. The summed E-state index contributed by atoms with van der Waals surface area (Å²) >= 11 is 32.5. The van der Waals surface area contributed by atoms with Crippen LogP contribution in [0.1, 0.15) is 118 Å². The lowest BCUT2D eigenvalue weighted by Crippen LogP contribution is -2.58. The van der Waals surface area contributed by atoms with E-state index in [0.29, 0.717) is 36.8 Å². The second-order valence-electron chi connectivity index (χ2n) is 21.5. The first-order valence-corrected chi connectivity index (χ1v) is 31.4. The quantitative estimate of drug-likeness (QED) is 0.0556. The SMILES string of the molecule is CCC(CNS(=O)(=O)c1ccccc1C)N1C(=O)C(C)(CC(=O)OC(=O)CC2(C)CC(c3cccc(Cl)c3)C(c3ccc(Cl)cc3)N(C(CC)CNS(=O)(=O)c3ccccc3Cl)C2=O)CC(c2cccc(Cl)c2)C1c1ccc(Cl)cc1. The van der Waals surface area contributed by atoms with Crippen LogP contribution in [0.15, 0.2) is 155 Å². The number of ether oxygens (including phenoxy) is 1. The number of aryl methyl sites for hydroxylation is 1. The van der Waals surface area contributed by atoms with Crippen molar-refractivity contribution in [3.05, 3.63) is 199 Å². The Balaban J connectivity index is 1.13. The number of carbonyl (C=O) groups is 4. The van der Waals surface area contributed by atoms with Gasteiger partial charge in [-0.3, -0.25) is 19.2 Å². The van der Waals surface area contributed by atoms with Crippen LogP contribution in [0.25, 0.3) is 0 Å². The molecule has 0 aromatic heterocycles. The number of benzene rings is 6. The third-order valence-corrected chi connectivity index (χ3v) is 20.2. The van der Waals surface area contributed by atoms with E-state index in [1.54, 1.807) is 134 Å². The fourth-order valence-corrected chi connectivity index (χ4v) is 15.3.